The normalized spacial score (nSPS) is 21.3. The minimum atomic E-state index is 0.234. The van der Waals surface area contributed by atoms with Crippen molar-refractivity contribution in [2.45, 2.75) is 52.1 Å². The third kappa shape index (κ3) is 2.40. The second kappa shape index (κ2) is 5.23. The Bertz CT molecular complexity index is 384. The Hall–Kier alpha value is -0.800. The average Bonchev–Trinajstić information content (AvgIpc) is 2.64. The summed E-state index contributed by atoms with van der Waals surface area (Å²) in [7, 11) is 0. The molecule has 17 heavy (non-hydrogen) atoms. The molecule has 0 fully saturated rings. The number of ether oxygens (including phenoxy) is 1. The molecular formula is C14H24N2O. The maximum atomic E-state index is 6.18. The molecule has 2 atom stereocenters. The molecule has 2 N–H and O–H groups in total. The second-order valence-corrected chi connectivity index (χ2v) is 5.06. The van der Waals surface area contributed by atoms with E-state index in [1.807, 2.05) is 6.92 Å². The van der Waals surface area contributed by atoms with Crippen molar-refractivity contribution < 1.29 is 4.74 Å². The van der Waals surface area contributed by atoms with Crippen LogP contribution in [0.1, 0.15) is 55.7 Å². The standard InChI is InChI=1S/C14H24N2O/c1-4-17-9-11(3)16-10(2)8-12-13(15)6-5-7-14(12)16/h8,11,13H,4-7,9,15H2,1-3H3. The molecule has 3 heteroatoms. The van der Waals surface area contributed by atoms with Crippen LogP contribution in [0.25, 0.3) is 0 Å². The van der Waals surface area contributed by atoms with E-state index in [-0.39, 0.29) is 6.04 Å². The Morgan fingerprint density at radius 2 is 2.35 bits per heavy atom. The number of aromatic nitrogens is 1. The lowest BCUT2D eigenvalue weighted by molar-refractivity contribution is 0.117. The van der Waals surface area contributed by atoms with Gasteiger partial charge in [0.2, 0.25) is 0 Å². The molecule has 3 nitrogen and oxygen atoms in total. The smallest absolute Gasteiger partial charge is 0.0671 e. The van der Waals surface area contributed by atoms with Gasteiger partial charge in [-0.1, -0.05) is 0 Å². The van der Waals surface area contributed by atoms with Gasteiger partial charge in [0.1, 0.15) is 0 Å². The molecule has 2 rings (SSSR count). The summed E-state index contributed by atoms with van der Waals surface area (Å²) < 4.78 is 7.96. The van der Waals surface area contributed by atoms with E-state index in [0.29, 0.717) is 6.04 Å². The fourth-order valence-corrected chi connectivity index (χ4v) is 2.94. The van der Waals surface area contributed by atoms with Gasteiger partial charge in [0, 0.05) is 24.0 Å². The van der Waals surface area contributed by atoms with Crippen molar-refractivity contribution >= 4 is 0 Å². The lowest BCUT2D eigenvalue weighted by Gasteiger charge is -2.24. The van der Waals surface area contributed by atoms with Crippen molar-refractivity contribution in [3.05, 3.63) is 23.0 Å². The van der Waals surface area contributed by atoms with Crippen LogP contribution in [-0.2, 0) is 11.2 Å². The fourth-order valence-electron chi connectivity index (χ4n) is 2.94. The Morgan fingerprint density at radius 1 is 1.59 bits per heavy atom. The molecule has 0 radical (unpaired) electrons. The van der Waals surface area contributed by atoms with E-state index < -0.39 is 0 Å². The van der Waals surface area contributed by atoms with Gasteiger partial charge < -0.3 is 15.0 Å². The van der Waals surface area contributed by atoms with Crippen LogP contribution in [0.4, 0.5) is 0 Å². The zero-order valence-electron chi connectivity index (χ0n) is 11.2. The predicted octanol–water partition coefficient (Wildman–Crippen LogP) is 2.73. The summed E-state index contributed by atoms with van der Waals surface area (Å²) in [6, 6.07) is 2.91. The van der Waals surface area contributed by atoms with E-state index in [4.69, 9.17) is 10.5 Å². The number of rotatable bonds is 4. The Morgan fingerprint density at radius 3 is 3.06 bits per heavy atom. The molecule has 1 aromatic rings. The van der Waals surface area contributed by atoms with Crippen LogP contribution in [0, 0.1) is 6.92 Å². The highest BCUT2D eigenvalue weighted by molar-refractivity contribution is 5.33. The van der Waals surface area contributed by atoms with Gasteiger partial charge in [0.25, 0.3) is 0 Å². The molecule has 0 spiro atoms. The van der Waals surface area contributed by atoms with Crippen LogP contribution < -0.4 is 5.73 Å². The van der Waals surface area contributed by atoms with Gasteiger partial charge in [0.05, 0.1) is 12.6 Å². The minimum absolute atomic E-state index is 0.234. The Balaban J connectivity index is 2.27. The topological polar surface area (TPSA) is 40.2 Å². The predicted molar refractivity (Wildman–Crippen MR) is 70.2 cm³/mol. The van der Waals surface area contributed by atoms with Crippen molar-refractivity contribution in [3.8, 4) is 0 Å². The lowest BCUT2D eigenvalue weighted by Crippen LogP contribution is -2.21. The van der Waals surface area contributed by atoms with E-state index in [1.54, 1.807) is 0 Å². The first-order valence-electron chi connectivity index (χ1n) is 6.69. The summed E-state index contributed by atoms with van der Waals surface area (Å²) in [5.41, 5.74) is 10.3. The number of fused-ring (bicyclic) bond motifs is 1. The summed E-state index contributed by atoms with van der Waals surface area (Å²) in [5.74, 6) is 0. The molecule has 0 saturated heterocycles. The van der Waals surface area contributed by atoms with E-state index in [0.717, 1.165) is 26.1 Å². The molecule has 1 aliphatic carbocycles. The van der Waals surface area contributed by atoms with Crippen molar-refractivity contribution in [1.29, 1.82) is 0 Å². The van der Waals surface area contributed by atoms with E-state index in [9.17, 15) is 0 Å². The quantitative estimate of drug-likeness (QED) is 0.873. The van der Waals surface area contributed by atoms with E-state index in [2.05, 4.69) is 24.5 Å². The third-order valence-corrected chi connectivity index (χ3v) is 3.70. The van der Waals surface area contributed by atoms with E-state index in [1.165, 1.54) is 23.4 Å². The van der Waals surface area contributed by atoms with Gasteiger partial charge >= 0.3 is 0 Å². The maximum absolute atomic E-state index is 6.18. The van der Waals surface area contributed by atoms with Crippen LogP contribution in [0.3, 0.4) is 0 Å². The number of nitrogens with zero attached hydrogens (tertiary/aromatic N) is 1. The van der Waals surface area contributed by atoms with Gasteiger partial charge in [0.15, 0.2) is 0 Å². The molecule has 1 aliphatic rings. The summed E-state index contributed by atoms with van der Waals surface area (Å²) in [5, 5.41) is 0. The van der Waals surface area contributed by atoms with Crippen molar-refractivity contribution in [1.82, 2.24) is 4.57 Å². The first kappa shape index (κ1) is 12.7. The van der Waals surface area contributed by atoms with E-state index >= 15 is 0 Å². The number of hydrogen-bond donors (Lipinski definition) is 1. The van der Waals surface area contributed by atoms with Gasteiger partial charge in [-0.05, 0) is 51.7 Å². The average molecular weight is 236 g/mol. The molecule has 0 saturated carbocycles. The minimum Gasteiger partial charge on any atom is -0.380 e. The third-order valence-electron chi connectivity index (χ3n) is 3.70. The van der Waals surface area contributed by atoms with Gasteiger partial charge in [-0.3, -0.25) is 0 Å². The van der Waals surface area contributed by atoms with Crippen LogP contribution in [-0.4, -0.2) is 17.8 Å². The monoisotopic (exact) mass is 236 g/mol. The fraction of sp³-hybridized carbons (Fsp3) is 0.714. The molecule has 0 amide bonds. The highest BCUT2D eigenvalue weighted by Gasteiger charge is 2.23. The van der Waals surface area contributed by atoms with Gasteiger partial charge in [-0.25, -0.2) is 0 Å². The molecule has 0 aliphatic heterocycles. The van der Waals surface area contributed by atoms with Crippen LogP contribution in [0.5, 0.6) is 0 Å². The molecule has 0 aromatic carbocycles. The number of aryl methyl sites for hydroxylation is 1. The number of nitrogens with two attached hydrogens (primary N) is 1. The molecule has 96 valence electrons. The zero-order chi connectivity index (χ0) is 12.4. The molecule has 1 aromatic heterocycles. The molecule has 0 bridgehead atoms. The number of hydrogen-bond acceptors (Lipinski definition) is 2. The second-order valence-electron chi connectivity index (χ2n) is 5.06. The largest absolute Gasteiger partial charge is 0.380 e. The van der Waals surface area contributed by atoms with Gasteiger partial charge in [-0.15, -0.1) is 0 Å². The Labute approximate surface area is 104 Å². The first-order valence-corrected chi connectivity index (χ1v) is 6.69. The lowest BCUT2D eigenvalue weighted by atomic mass is 9.93. The molecule has 1 heterocycles. The molecular weight excluding hydrogens is 212 g/mol. The summed E-state index contributed by atoms with van der Waals surface area (Å²) in [6.45, 7) is 8.01. The van der Waals surface area contributed by atoms with Crippen molar-refractivity contribution in [2.75, 3.05) is 13.2 Å². The van der Waals surface area contributed by atoms with Crippen molar-refractivity contribution in [3.63, 3.8) is 0 Å². The van der Waals surface area contributed by atoms with Gasteiger partial charge in [-0.2, -0.15) is 0 Å². The Kier molecular flexibility index (Phi) is 3.89. The summed E-state index contributed by atoms with van der Waals surface area (Å²) in [4.78, 5) is 0. The first-order chi connectivity index (χ1) is 8.15. The van der Waals surface area contributed by atoms with Crippen LogP contribution >= 0.6 is 0 Å². The van der Waals surface area contributed by atoms with Crippen LogP contribution in [0.15, 0.2) is 6.07 Å². The summed E-state index contributed by atoms with van der Waals surface area (Å²) >= 11 is 0. The highest BCUT2D eigenvalue weighted by Crippen LogP contribution is 2.32. The highest BCUT2D eigenvalue weighted by atomic mass is 16.5. The van der Waals surface area contributed by atoms with Crippen molar-refractivity contribution in [2.24, 2.45) is 5.73 Å². The maximum Gasteiger partial charge on any atom is 0.0671 e. The molecule has 2 unspecified atom stereocenters. The zero-order valence-corrected chi connectivity index (χ0v) is 11.2. The SMILES string of the molecule is CCOCC(C)n1c(C)cc2c1CCCC2N. The van der Waals surface area contributed by atoms with Crippen LogP contribution in [0.2, 0.25) is 0 Å². The summed E-state index contributed by atoms with van der Waals surface area (Å²) in [6.07, 6.45) is 3.49.